The summed E-state index contributed by atoms with van der Waals surface area (Å²) in [6.07, 6.45) is 0. The van der Waals surface area contributed by atoms with Crippen LogP contribution in [0.25, 0.3) is 10.7 Å². The Bertz CT molecular complexity index is 868. The Morgan fingerprint density at radius 3 is 2.67 bits per heavy atom. The summed E-state index contributed by atoms with van der Waals surface area (Å²) in [4.78, 5) is 13.7. The number of carbonyl (C=O) groups excluding carboxylic acids is 1. The zero-order chi connectivity index (χ0) is 17.1. The van der Waals surface area contributed by atoms with Gasteiger partial charge in [0.1, 0.15) is 6.04 Å². The second-order valence-corrected chi connectivity index (χ2v) is 6.85. The number of benzene rings is 1. The van der Waals surface area contributed by atoms with E-state index in [9.17, 15) is 4.79 Å². The molecule has 0 unspecified atom stereocenters. The topological polar surface area (TPSA) is 62.7 Å². The molecule has 1 aromatic carbocycles. The number of rotatable bonds is 5. The predicted octanol–water partition coefficient (Wildman–Crippen LogP) is 4.11. The maximum absolute atomic E-state index is 12.7. The Labute approximate surface area is 149 Å². The molecule has 2 heterocycles. The number of aromatic nitrogens is 3. The average molecular weight is 358 g/mol. The standard InChI is InChI=1S/C17H18N4OS2/c1-11(13-7-4-3-5-8-13)18-16(22)12(2)21-15(19-20-17(21)23)14-9-6-10-24-14/h3-12H,1-2H3,(H,18,22)(H,20,23)/t11-,12+/m1/s1. The van der Waals surface area contributed by atoms with Crippen molar-refractivity contribution in [1.29, 1.82) is 0 Å². The second-order valence-electron chi connectivity index (χ2n) is 5.52. The van der Waals surface area contributed by atoms with Crippen LogP contribution in [0.1, 0.15) is 31.5 Å². The van der Waals surface area contributed by atoms with Crippen molar-refractivity contribution in [3.05, 3.63) is 58.2 Å². The van der Waals surface area contributed by atoms with Gasteiger partial charge in [-0.15, -0.1) is 11.3 Å². The summed E-state index contributed by atoms with van der Waals surface area (Å²) >= 11 is 6.88. The van der Waals surface area contributed by atoms with E-state index in [1.165, 1.54) is 0 Å². The number of nitrogens with zero attached hydrogens (tertiary/aromatic N) is 2. The molecule has 0 saturated carbocycles. The summed E-state index contributed by atoms with van der Waals surface area (Å²) in [5.74, 6) is 0.590. The third-order valence-electron chi connectivity index (χ3n) is 3.87. The van der Waals surface area contributed by atoms with E-state index in [1.807, 2.05) is 61.7 Å². The largest absolute Gasteiger partial charge is 0.348 e. The number of hydrogen-bond acceptors (Lipinski definition) is 4. The Morgan fingerprint density at radius 2 is 2.00 bits per heavy atom. The molecule has 2 atom stereocenters. The highest BCUT2D eigenvalue weighted by atomic mass is 32.1. The zero-order valence-corrected chi connectivity index (χ0v) is 15.0. The highest BCUT2D eigenvalue weighted by molar-refractivity contribution is 7.71. The first kappa shape index (κ1) is 16.6. The lowest BCUT2D eigenvalue weighted by Gasteiger charge is -2.19. The minimum absolute atomic E-state index is 0.0765. The van der Waals surface area contributed by atoms with Crippen LogP contribution >= 0.6 is 23.6 Å². The molecule has 0 spiro atoms. The van der Waals surface area contributed by atoms with Gasteiger partial charge in [-0.25, -0.2) is 0 Å². The third-order valence-corrected chi connectivity index (χ3v) is 5.02. The molecule has 124 valence electrons. The van der Waals surface area contributed by atoms with Gasteiger partial charge in [-0.1, -0.05) is 36.4 Å². The van der Waals surface area contributed by atoms with E-state index in [2.05, 4.69) is 15.5 Å². The number of amides is 1. The lowest BCUT2D eigenvalue weighted by Crippen LogP contribution is -2.33. The first-order chi connectivity index (χ1) is 11.6. The molecule has 3 rings (SSSR count). The third kappa shape index (κ3) is 3.32. The van der Waals surface area contributed by atoms with Crippen molar-refractivity contribution in [1.82, 2.24) is 20.1 Å². The van der Waals surface area contributed by atoms with Crippen molar-refractivity contribution in [2.45, 2.75) is 25.9 Å². The molecule has 1 amide bonds. The zero-order valence-electron chi connectivity index (χ0n) is 13.4. The van der Waals surface area contributed by atoms with Crippen molar-refractivity contribution in [3.63, 3.8) is 0 Å². The molecule has 0 saturated heterocycles. The minimum Gasteiger partial charge on any atom is -0.348 e. The van der Waals surface area contributed by atoms with Crippen LogP contribution in [0.5, 0.6) is 0 Å². The van der Waals surface area contributed by atoms with Crippen LogP contribution in [0.4, 0.5) is 0 Å². The molecule has 24 heavy (non-hydrogen) atoms. The van der Waals surface area contributed by atoms with E-state index in [0.29, 0.717) is 10.6 Å². The van der Waals surface area contributed by atoms with Crippen LogP contribution < -0.4 is 5.32 Å². The lowest BCUT2D eigenvalue weighted by molar-refractivity contribution is -0.124. The van der Waals surface area contributed by atoms with Crippen LogP contribution in [0, 0.1) is 4.77 Å². The van der Waals surface area contributed by atoms with E-state index in [1.54, 1.807) is 15.9 Å². The minimum atomic E-state index is -0.459. The molecule has 0 aliphatic rings. The number of thiophene rings is 1. The number of hydrogen-bond donors (Lipinski definition) is 2. The van der Waals surface area contributed by atoms with Gasteiger partial charge in [-0.2, -0.15) is 5.10 Å². The normalized spacial score (nSPS) is 13.4. The highest BCUT2D eigenvalue weighted by Gasteiger charge is 2.22. The van der Waals surface area contributed by atoms with Crippen LogP contribution in [-0.4, -0.2) is 20.7 Å². The van der Waals surface area contributed by atoms with Gasteiger partial charge in [0.25, 0.3) is 0 Å². The van der Waals surface area contributed by atoms with Gasteiger partial charge in [0, 0.05) is 0 Å². The SMILES string of the molecule is C[C@@H](NC(=O)[C@H](C)n1c(-c2cccs2)n[nH]c1=S)c1ccccc1. The van der Waals surface area contributed by atoms with Crippen molar-refractivity contribution in [2.24, 2.45) is 0 Å². The molecule has 0 bridgehead atoms. The number of aromatic amines is 1. The van der Waals surface area contributed by atoms with Gasteiger partial charge in [-0.3, -0.25) is 14.5 Å². The Balaban J connectivity index is 1.82. The van der Waals surface area contributed by atoms with E-state index in [4.69, 9.17) is 12.2 Å². The highest BCUT2D eigenvalue weighted by Crippen LogP contribution is 2.26. The molecule has 7 heteroatoms. The number of carbonyl (C=O) groups is 1. The first-order valence-corrected chi connectivity index (χ1v) is 8.93. The van der Waals surface area contributed by atoms with Crippen LogP contribution in [0.3, 0.4) is 0 Å². The second kappa shape index (κ2) is 7.11. The molecule has 5 nitrogen and oxygen atoms in total. The fourth-order valence-corrected chi connectivity index (χ4v) is 3.52. The smallest absolute Gasteiger partial charge is 0.243 e. The Hall–Kier alpha value is -2.25. The van der Waals surface area contributed by atoms with Gasteiger partial charge < -0.3 is 5.32 Å². The molecule has 0 aliphatic heterocycles. The fraction of sp³-hybridized carbons (Fsp3) is 0.235. The van der Waals surface area contributed by atoms with Gasteiger partial charge in [-0.05, 0) is 43.1 Å². The number of H-pyrrole nitrogens is 1. The van der Waals surface area contributed by atoms with Crippen LogP contribution in [-0.2, 0) is 4.79 Å². The maximum Gasteiger partial charge on any atom is 0.243 e. The molecule has 2 N–H and O–H groups in total. The van der Waals surface area contributed by atoms with Gasteiger partial charge in [0.15, 0.2) is 10.6 Å². The summed E-state index contributed by atoms with van der Waals surface area (Å²) in [7, 11) is 0. The summed E-state index contributed by atoms with van der Waals surface area (Å²) in [5, 5.41) is 12.1. The van der Waals surface area contributed by atoms with Gasteiger partial charge in [0.05, 0.1) is 10.9 Å². The van der Waals surface area contributed by atoms with Crippen LogP contribution in [0.15, 0.2) is 47.8 Å². The Kier molecular flexibility index (Phi) is 4.92. The molecule has 0 radical (unpaired) electrons. The van der Waals surface area contributed by atoms with Gasteiger partial charge >= 0.3 is 0 Å². The van der Waals surface area contributed by atoms with Crippen molar-refractivity contribution >= 4 is 29.5 Å². The molecular formula is C17H18N4OS2. The molecular weight excluding hydrogens is 340 g/mol. The lowest BCUT2D eigenvalue weighted by atomic mass is 10.1. The fourth-order valence-electron chi connectivity index (χ4n) is 2.52. The summed E-state index contributed by atoms with van der Waals surface area (Å²) < 4.78 is 2.20. The molecule has 0 fully saturated rings. The van der Waals surface area contributed by atoms with E-state index >= 15 is 0 Å². The summed E-state index contributed by atoms with van der Waals surface area (Å²) in [5.41, 5.74) is 1.06. The summed E-state index contributed by atoms with van der Waals surface area (Å²) in [6, 6.07) is 13.2. The van der Waals surface area contributed by atoms with Crippen LogP contribution in [0.2, 0.25) is 0 Å². The molecule has 2 aromatic heterocycles. The Morgan fingerprint density at radius 1 is 1.25 bits per heavy atom. The van der Waals surface area contributed by atoms with Crippen molar-refractivity contribution in [3.8, 4) is 10.7 Å². The first-order valence-electron chi connectivity index (χ1n) is 7.64. The average Bonchev–Trinajstić information content (AvgIpc) is 3.24. The quantitative estimate of drug-likeness (QED) is 0.675. The molecule has 0 aliphatic carbocycles. The number of nitrogens with one attached hydrogen (secondary N) is 2. The van der Waals surface area contributed by atoms with E-state index in [-0.39, 0.29) is 11.9 Å². The van der Waals surface area contributed by atoms with Gasteiger partial charge in [0.2, 0.25) is 5.91 Å². The van der Waals surface area contributed by atoms with Crippen molar-refractivity contribution < 1.29 is 4.79 Å². The molecule has 3 aromatic rings. The summed E-state index contributed by atoms with van der Waals surface area (Å²) in [6.45, 7) is 3.80. The maximum atomic E-state index is 12.7. The van der Waals surface area contributed by atoms with Crippen molar-refractivity contribution in [2.75, 3.05) is 0 Å². The monoisotopic (exact) mass is 358 g/mol. The van der Waals surface area contributed by atoms with E-state index in [0.717, 1.165) is 10.4 Å². The van der Waals surface area contributed by atoms with E-state index < -0.39 is 6.04 Å². The predicted molar refractivity (Wildman–Crippen MR) is 98.4 cm³/mol.